The van der Waals surface area contributed by atoms with E-state index >= 15 is 0 Å². The van der Waals surface area contributed by atoms with Gasteiger partial charge in [0, 0.05) is 0 Å². The van der Waals surface area contributed by atoms with Crippen molar-refractivity contribution in [3.05, 3.63) is 23.8 Å². The van der Waals surface area contributed by atoms with E-state index in [0.717, 1.165) is 17.7 Å². The van der Waals surface area contributed by atoms with Gasteiger partial charge >= 0.3 is 5.97 Å². The molecule has 2 N–H and O–H groups in total. The van der Waals surface area contributed by atoms with Gasteiger partial charge in [-0.15, -0.1) is 0 Å². The summed E-state index contributed by atoms with van der Waals surface area (Å²) in [6, 6.07) is 5.05. The molecule has 4 nitrogen and oxygen atoms in total. The third-order valence-electron chi connectivity index (χ3n) is 2.34. The second-order valence-corrected chi connectivity index (χ2v) is 4.05. The predicted octanol–water partition coefficient (Wildman–Crippen LogP) is 2.67. The first kappa shape index (κ1) is 13.4. The number of rotatable bonds is 6. The molecule has 94 valence electrons. The summed E-state index contributed by atoms with van der Waals surface area (Å²) in [5.41, 5.74) is 1.81. The van der Waals surface area contributed by atoms with Gasteiger partial charge in [0.15, 0.2) is 0 Å². The van der Waals surface area contributed by atoms with Gasteiger partial charge in [0.1, 0.15) is 11.8 Å². The molecular weight excluding hydrogens is 218 g/mol. The van der Waals surface area contributed by atoms with Gasteiger partial charge in [0.2, 0.25) is 0 Å². The van der Waals surface area contributed by atoms with Crippen LogP contribution in [0.15, 0.2) is 18.2 Å². The normalized spacial score (nSPS) is 11.9. The molecule has 0 fully saturated rings. The van der Waals surface area contributed by atoms with Crippen LogP contribution < -0.4 is 10.1 Å². The van der Waals surface area contributed by atoms with Crippen LogP contribution in [-0.2, 0) is 4.79 Å². The fraction of sp³-hybridized carbons (Fsp3) is 0.462. The maximum absolute atomic E-state index is 10.8. The SMILES string of the molecule is CCCOc1cc(C)ccc1NC(C)C(=O)O. The number of carboxylic acids is 1. The minimum Gasteiger partial charge on any atom is -0.491 e. The number of ether oxygens (including phenoxy) is 1. The molecule has 0 spiro atoms. The summed E-state index contributed by atoms with van der Waals surface area (Å²) in [5, 5.41) is 11.8. The molecule has 0 saturated carbocycles. The molecule has 0 aliphatic rings. The Hall–Kier alpha value is -1.71. The number of carbonyl (C=O) groups is 1. The van der Waals surface area contributed by atoms with Gasteiger partial charge in [-0.05, 0) is 38.0 Å². The molecule has 0 aliphatic carbocycles. The molecule has 1 unspecified atom stereocenters. The molecule has 17 heavy (non-hydrogen) atoms. The maximum atomic E-state index is 10.8. The summed E-state index contributed by atoms with van der Waals surface area (Å²) in [7, 11) is 0. The van der Waals surface area contributed by atoms with Crippen molar-refractivity contribution in [1.29, 1.82) is 0 Å². The van der Waals surface area contributed by atoms with E-state index in [1.807, 2.05) is 32.0 Å². The molecule has 1 aromatic rings. The zero-order chi connectivity index (χ0) is 12.8. The van der Waals surface area contributed by atoms with E-state index in [9.17, 15) is 4.79 Å². The minimum absolute atomic E-state index is 0.625. The largest absolute Gasteiger partial charge is 0.491 e. The lowest BCUT2D eigenvalue weighted by atomic mass is 10.2. The Bertz CT molecular complexity index is 390. The number of benzene rings is 1. The van der Waals surface area contributed by atoms with Crippen LogP contribution in [0.3, 0.4) is 0 Å². The smallest absolute Gasteiger partial charge is 0.325 e. The number of hydrogen-bond donors (Lipinski definition) is 2. The van der Waals surface area contributed by atoms with E-state index in [0.29, 0.717) is 12.4 Å². The van der Waals surface area contributed by atoms with Crippen LogP contribution in [0.2, 0.25) is 0 Å². The Kier molecular flexibility index (Phi) is 4.82. The second-order valence-electron chi connectivity index (χ2n) is 4.05. The van der Waals surface area contributed by atoms with Crippen LogP contribution >= 0.6 is 0 Å². The highest BCUT2D eigenvalue weighted by Gasteiger charge is 2.13. The fourth-order valence-corrected chi connectivity index (χ4v) is 1.38. The molecule has 0 aromatic heterocycles. The molecular formula is C13H19NO3. The van der Waals surface area contributed by atoms with Gasteiger partial charge < -0.3 is 15.2 Å². The predicted molar refractivity (Wildman–Crippen MR) is 67.7 cm³/mol. The molecule has 1 aromatic carbocycles. The van der Waals surface area contributed by atoms with E-state index in [4.69, 9.17) is 9.84 Å². The first-order chi connectivity index (χ1) is 8.04. The summed E-state index contributed by atoms with van der Waals surface area (Å²) in [5.74, 6) is -0.174. The minimum atomic E-state index is -0.882. The average molecular weight is 237 g/mol. The number of aryl methyl sites for hydroxylation is 1. The molecule has 1 atom stereocenters. The molecule has 0 radical (unpaired) electrons. The molecule has 0 saturated heterocycles. The van der Waals surface area contributed by atoms with Crippen LogP contribution in [0.5, 0.6) is 5.75 Å². The van der Waals surface area contributed by atoms with Crippen molar-refractivity contribution >= 4 is 11.7 Å². The van der Waals surface area contributed by atoms with E-state index in [1.54, 1.807) is 6.92 Å². The monoisotopic (exact) mass is 237 g/mol. The van der Waals surface area contributed by atoms with Crippen molar-refractivity contribution in [1.82, 2.24) is 0 Å². The van der Waals surface area contributed by atoms with E-state index in [-0.39, 0.29) is 0 Å². The zero-order valence-electron chi connectivity index (χ0n) is 10.5. The molecule has 4 heteroatoms. The molecule has 0 aliphatic heterocycles. The summed E-state index contributed by atoms with van der Waals surface area (Å²) >= 11 is 0. The third-order valence-corrected chi connectivity index (χ3v) is 2.34. The third kappa shape index (κ3) is 3.98. The van der Waals surface area contributed by atoms with E-state index < -0.39 is 12.0 Å². The maximum Gasteiger partial charge on any atom is 0.325 e. The first-order valence-corrected chi connectivity index (χ1v) is 5.77. The van der Waals surface area contributed by atoms with Crippen LogP contribution in [0.1, 0.15) is 25.8 Å². The summed E-state index contributed by atoms with van der Waals surface area (Å²) in [6.07, 6.45) is 0.919. The topological polar surface area (TPSA) is 58.6 Å². The lowest BCUT2D eigenvalue weighted by Gasteiger charge is -2.16. The van der Waals surface area contributed by atoms with Gasteiger partial charge in [-0.3, -0.25) is 4.79 Å². The van der Waals surface area contributed by atoms with Crippen molar-refractivity contribution in [3.63, 3.8) is 0 Å². The van der Waals surface area contributed by atoms with Crippen molar-refractivity contribution in [2.24, 2.45) is 0 Å². The highest BCUT2D eigenvalue weighted by atomic mass is 16.5. The number of anilines is 1. The lowest BCUT2D eigenvalue weighted by molar-refractivity contribution is -0.137. The second kappa shape index (κ2) is 6.13. The summed E-state index contributed by atoms with van der Waals surface area (Å²) in [4.78, 5) is 10.8. The highest BCUT2D eigenvalue weighted by Crippen LogP contribution is 2.26. The number of carboxylic acid groups (broad SMARTS) is 1. The van der Waals surface area contributed by atoms with Crippen molar-refractivity contribution in [2.75, 3.05) is 11.9 Å². The van der Waals surface area contributed by atoms with E-state index in [1.165, 1.54) is 0 Å². The molecule has 0 amide bonds. The molecule has 0 bridgehead atoms. The summed E-state index contributed by atoms with van der Waals surface area (Å²) < 4.78 is 5.59. The average Bonchev–Trinajstić information content (AvgIpc) is 2.29. The standard InChI is InChI=1S/C13H19NO3/c1-4-7-17-12-8-9(2)5-6-11(12)14-10(3)13(15)16/h5-6,8,10,14H,4,7H2,1-3H3,(H,15,16). The lowest BCUT2D eigenvalue weighted by Crippen LogP contribution is -2.25. The van der Waals surface area contributed by atoms with Gasteiger partial charge in [-0.2, -0.15) is 0 Å². The van der Waals surface area contributed by atoms with Crippen LogP contribution in [-0.4, -0.2) is 23.7 Å². The quantitative estimate of drug-likeness (QED) is 0.798. The number of nitrogens with one attached hydrogen (secondary N) is 1. The van der Waals surface area contributed by atoms with E-state index in [2.05, 4.69) is 5.32 Å². The zero-order valence-corrected chi connectivity index (χ0v) is 10.5. The van der Waals surface area contributed by atoms with Gasteiger partial charge in [0.25, 0.3) is 0 Å². The van der Waals surface area contributed by atoms with Crippen molar-refractivity contribution in [2.45, 2.75) is 33.2 Å². The van der Waals surface area contributed by atoms with Gasteiger partial charge in [-0.1, -0.05) is 13.0 Å². The Morgan fingerprint density at radius 3 is 2.82 bits per heavy atom. The Morgan fingerprint density at radius 2 is 2.24 bits per heavy atom. The van der Waals surface area contributed by atoms with Crippen LogP contribution in [0.4, 0.5) is 5.69 Å². The van der Waals surface area contributed by atoms with Crippen molar-refractivity contribution < 1.29 is 14.6 Å². The Balaban J connectivity index is 2.85. The molecule has 1 rings (SSSR count). The van der Waals surface area contributed by atoms with Gasteiger partial charge in [0.05, 0.1) is 12.3 Å². The molecule has 0 heterocycles. The summed E-state index contributed by atoms with van der Waals surface area (Å²) in [6.45, 7) is 6.23. The van der Waals surface area contributed by atoms with Gasteiger partial charge in [-0.25, -0.2) is 0 Å². The van der Waals surface area contributed by atoms with Crippen LogP contribution in [0.25, 0.3) is 0 Å². The van der Waals surface area contributed by atoms with Crippen LogP contribution in [0, 0.1) is 6.92 Å². The Morgan fingerprint density at radius 1 is 1.53 bits per heavy atom. The van der Waals surface area contributed by atoms with Crippen molar-refractivity contribution in [3.8, 4) is 5.75 Å². The number of hydrogen-bond acceptors (Lipinski definition) is 3. The number of aliphatic carboxylic acids is 1. The highest BCUT2D eigenvalue weighted by molar-refractivity contribution is 5.77. The fourth-order valence-electron chi connectivity index (χ4n) is 1.38. The first-order valence-electron chi connectivity index (χ1n) is 5.77. The Labute approximate surface area is 102 Å².